The van der Waals surface area contributed by atoms with Crippen LogP contribution in [0.4, 0.5) is 0 Å². The average Bonchev–Trinajstić information content (AvgIpc) is 3.40. The van der Waals surface area contributed by atoms with Crippen LogP contribution in [0.1, 0.15) is 51.3 Å². The third-order valence-corrected chi connectivity index (χ3v) is 7.84. The van der Waals surface area contributed by atoms with E-state index in [1.54, 1.807) is 0 Å². The van der Waals surface area contributed by atoms with Gasteiger partial charge in [-0.2, -0.15) is 0 Å². The predicted molar refractivity (Wildman–Crippen MR) is 137 cm³/mol. The molecule has 2 aliphatic heterocycles. The molecule has 6 rings (SSSR count). The highest BCUT2D eigenvalue weighted by Gasteiger charge is 2.45. The molecular weight excluding hydrogens is 436 g/mol. The zero-order valence-corrected chi connectivity index (χ0v) is 20.5. The Kier molecular flexibility index (Phi) is 5.49. The van der Waals surface area contributed by atoms with Gasteiger partial charge in [0.1, 0.15) is 6.17 Å². The maximum atomic E-state index is 13.5. The molecule has 1 unspecified atom stereocenters. The molecule has 0 bridgehead atoms. The van der Waals surface area contributed by atoms with E-state index in [1.165, 1.54) is 5.39 Å². The fraction of sp³-hybridized carbons (Fsp3) is 0.379. The second kappa shape index (κ2) is 8.68. The molecule has 2 fully saturated rings. The second-order valence-corrected chi connectivity index (χ2v) is 10.2. The molecule has 1 aromatic heterocycles. The van der Waals surface area contributed by atoms with E-state index in [-0.39, 0.29) is 17.7 Å². The van der Waals surface area contributed by atoms with Crippen molar-refractivity contribution >= 4 is 22.7 Å². The fourth-order valence-electron chi connectivity index (χ4n) is 5.48. The number of hydrogen-bond acceptors (Lipinski definition) is 3. The molecule has 1 saturated carbocycles. The van der Waals surface area contributed by atoms with Crippen molar-refractivity contribution in [2.75, 3.05) is 19.8 Å². The van der Waals surface area contributed by atoms with Crippen LogP contribution in [0.5, 0.6) is 0 Å². The van der Waals surface area contributed by atoms with Gasteiger partial charge in [0, 0.05) is 28.9 Å². The van der Waals surface area contributed by atoms with E-state index >= 15 is 0 Å². The molecule has 180 valence electrons. The summed E-state index contributed by atoms with van der Waals surface area (Å²) >= 11 is 0. The number of aromatic amines is 1. The molecule has 6 heteroatoms. The highest BCUT2D eigenvalue weighted by Crippen LogP contribution is 2.41. The van der Waals surface area contributed by atoms with Gasteiger partial charge in [-0.1, -0.05) is 36.4 Å². The molecule has 2 amide bonds. The Morgan fingerprint density at radius 3 is 2.40 bits per heavy atom. The van der Waals surface area contributed by atoms with Gasteiger partial charge < -0.3 is 9.88 Å². The molecule has 35 heavy (non-hydrogen) atoms. The summed E-state index contributed by atoms with van der Waals surface area (Å²) in [4.78, 5) is 36.5. The summed E-state index contributed by atoms with van der Waals surface area (Å²) in [7, 11) is 0. The number of nitrogens with zero attached hydrogens (tertiary/aromatic N) is 3. The minimum atomic E-state index is -0.417. The van der Waals surface area contributed by atoms with Crippen LogP contribution in [0.25, 0.3) is 22.0 Å². The Morgan fingerprint density at radius 1 is 0.971 bits per heavy atom. The predicted octanol–water partition coefficient (Wildman–Crippen LogP) is 5.26. The number of carbonyl (C=O) groups excluding carboxylic acids is 2. The second-order valence-electron chi connectivity index (χ2n) is 10.2. The van der Waals surface area contributed by atoms with Gasteiger partial charge in [0.25, 0.3) is 5.91 Å². The average molecular weight is 469 g/mol. The summed E-state index contributed by atoms with van der Waals surface area (Å²) < 4.78 is 0. The van der Waals surface area contributed by atoms with Gasteiger partial charge in [0.2, 0.25) is 5.91 Å². The fourth-order valence-corrected chi connectivity index (χ4v) is 5.48. The number of nitrogens with one attached hydrogen (secondary N) is 1. The van der Waals surface area contributed by atoms with E-state index in [4.69, 9.17) is 0 Å². The molecule has 1 N–H and O–H groups in total. The Bertz CT molecular complexity index is 1310. The number of allylic oxidation sites excluding steroid dienone is 1. The lowest BCUT2D eigenvalue weighted by Crippen LogP contribution is -2.54. The third kappa shape index (κ3) is 3.96. The van der Waals surface area contributed by atoms with Crippen LogP contribution in [-0.4, -0.2) is 51.3 Å². The molecule has 1 aliphatic carbocycles. The number of rotatable bonds is 5. The smallest absolute Gasteiger partial charge is 0.254 e. The van der Waals surface area contributed by atoms with Gasteiger partial charge in [-0.15, -0.1) is 0 Å². The number of fused-ring (bicyclic) bond motifs is 1. The van der Waals surface area contributed by atoms with Crippen LogP contribution < -0.4 is 0 Å². The zero-order chi connectivity index (χ0) is 24.1. The van der Waals surface area contributed by atoms with Crippen molar-refractivity contribution in [3.63, 3.8) is 0 Å². The lowest BCUT2D eigenvalue weighted by atomic mass is 9.98. The van der Waals surface area contributed by atoms with Crippen molar-refractivity contribution in [2.24, 2.45) is 5.92 Å². The standard InChI is InChI=1S/C29H32N4O2/c1-19-20(2)33(29(35)24-10-11-24)27(32(28(19)34)18-31-15-3-4-16-31)23-8-5-21(6-9-23)25-12-7-22-13-14-30-26(22)17-25/h5-9,12-14,17,24,27,30H,3-4,10-11,15-16,18H2,1-2H3. The molecule has 0 spiro atoms. The van der Waals surface area contributed by atoms with Gasteiger partial charge >= 0.3 is 0 Å². The van der Waals surface area contributed by atoms with Gasteiger partial charge in [-0.3, -0.25) is 19.4 Å². The summed E-state index contributed by atoms with van der Waals surface area (Å²) in [6.07, 6.45) is 5.73. The lowest BCUT2D eigenvalue weighted by Gasteiger charge is -2.46. The maximum Gasteiger partial charge on any atom is 0.254 e. The quantitative estimate of drug-likeness (QED) is 0.556. The Labute approximate surface area is 206 Å². The number of aromatic nitrogens is 1. The van der Waals surface area contributed by atoms with E-state index < -0.39 is 6.17 Å². The summed E-state index contributed by atoms with van der Waals surface area (Å²) in [5, 5.41) is 1.19. The molecule has 1 atom stereocenters. The van der Waals surface area contributed by atoms with Crippen molar-refractivity contribution in [3.8, 4) is 11.1 Å². The Hall–Kier alpha value is -3.38. The van der Waals surface area contributed by atoms with Crippen LogP contribution in [0.15, 0.2) is 66.0 Å². The topological polar surface area (TPSA) is 59.7 Å². The number of carbonyl (C=O) groups is 2. The van der Waals surface area contributed by atoms with E-state index in [9.17, 15) is 9.59 Å². The first-order valence-corrected chi connectivity index (χ1v) is 12.7. The highest BCUT2D eigenvalue weighted by atomic mass is 16.2. The molecule has 2 aromatic carbocycles. The lowest BCUT2D eigenvalue weighted by molar-refractivity contribution is -0.148. The van der Waals surface area contributed by atoms with Crippen LogP contribution >= 0.6 is 0 Å². The number of benzene rings is 2. The van der Waals surface area contributed by atoms with Crippen LogP contribution in [0.2, 0.25) is 0 Å². The highest BCUT2D eigenvalue weighted by molar-refractivity contribution is 5.97. The minimum Gasteiger partial charge on any atom is -0.361 e. The molecular formula is C29H32N4O2. The summed E-state index contributed by atoms with van der Waals surface area (Å²) in [6, 6.07) is 16.9. The van der Waals surface area contributed by atoms with Gasteiger partial charge in [0.15, 0.2) is 0 Å². The van der Waals surface area contributed by atoms with Crippen LogP contribution in [0, 0.1) is 5.92 Å². The first kappa shape index (κ1) is 22.1. The largest absolute Gasteiger partial charge is 0.361 e. The van der Waals surface area contributed by atoms with Gasteiger partial charge in [-0.05, 0) is 86.8 Å². The Balaban J connectivity index is 1.39. The minimum absolute atomic E-state index is 0.0283. The molecule has 3 heterocycles. The first-order chi connectivity index (χ1) is 17.0. The van der Waals surface area contributed by atoms with E-state index in [0.29, 0.717) is 12.2 Å². The van der Waals surface area contributed by atoms with Gasteiger partial charge in [0.05, 0.1) is 6.67 Å². The number of amides is 2. The molecule has 3 aromatic rings. The van der Waals surface area contributed by atoms with Crippen molar-refractivity contribution in [3.05, 3.63) is 71.6 Å². The molecule has 6 nitrogen and oxygen atoms in total. The van der Waals surface area contributed by atoms with Crippen molar-refractivity contribution < 1.29 is 9.59 Å². The first-order valence-electron chi connectivity index (χ1n) is 12.7. The van der Waals surface area contributed by atoms with Crippen molar-refractivity contribution in [1.29, 1.82) is 0 Å². The Morgan fingerprint density at radius 2 is 1.69 bits per heavy atom. The summed E-state index contributed by atoms with van der Waals surface area (Å²) in [5.74, 6) is 0.251. The van der Waals surface area contributed by atoms with E-state index in [2.05, 4.69) is 58.4 Å². The van der Waals surface area contributed by atoms with Crippen molar-refractivity contribution in [2.45, 2.75) is 45.7 Å². The third-order valence-electron chi connectivity index (χ3n) is 7.84. The monoisotopic (exact) mass is 468 g/mol. The summed E-state index contributed by atoms with van der Waals surface area (Å²) in [5.41, 5.74) is 5.79. The maximum absolute atomic E-state index is 13.5. The summed E-state index contributed by atoms with van der Waals surface area (Å²) in [6.45, 7) is 6.32. The molecule has 0 radical (unpaired) electrons. The SMILES string of the molecule is CC1=C(C)N(C(=O)C2CC2)C(c2ccc(-c3ccc4cc[nH]c4c3)cc2)N(CN2CCCC2)C1=O. The van der Waals surface area contributed by atoms with Crippen LogP contribution in [0.3, 0.4) is 0 Å². The number of H-pyrrole nitrogens is 1. The van der Waals surface area contributed by atoms with E-state index in [1.807, 2.05) is 29.8 Å². The van der Waals surface area contributed by atoms with E-state index in [0.717, 1.165) is 66.7 Å². The van der Waals surface area contributed by atoms with Crippen molar-refractivity contribution in [1.82, 2.24) is 19.7 Å². The zero-order valence-electron chi connectivity index (χ0n) is 20.5. The number of likely N-dealkylation sites (tertiary alicyclic amines) is 1. The van der Waals surface area contributed by atoms with Crippen LogP contribution in [-0.2, 0) is 9.59 Å². The number of hydrogen-bond donors (Lipinski definition) is 1. The molecule has 1 saturated heterocycles. The normalized spacial score (nSPS) is 21.4. The van der Waals surface area contributed by atoms with Gasteiger partial charge in [-0.25, -0.2) is 0 Å². The molecule has 3 aliphatic rings.